The van der Waals surface area contributed by atoms with E-state index >= 15 is 0 Å². The zero-order valence-electron chi connectivity index (χ0n) is 14.3. The molecule has 0 fully saturated rings. The summed E-state index contributed by atoms with van der Waals surface area (Å²) in [5.41, 5.74) is 0.702. The highest BCUT2D eigenvalue weighted by molar-refractivity contribution is 6.36. The average Bonchev–Trinajstić information content (AvgIpc) is 2.66. The summed E-state index contributed by atoms with van der Waals surface area (Å²) in [6.45, 7) is -0.893. The van der Waals surface area contributed by atoms with Gasteiger partial charge >= 0.3 is 5.97 Å². The molecule has 27 heavy (non-hydrogen) atoms. The van der Waals surface area contributed by atoms with E-state index in [9.17, 15) is 14.4 Å². The predicted octanol–water partition coefficient (Wildman–Crippen LogP) is 2.91. The van der Waals surface area contributed by atoms with Crippen LogP contribution in [0.15, 0.2) is 42.5 Å². The number of carbonyl (C=O) groups is 3. The van der Waals surface area contributed by atoms with Gasteiger partial charge in [0.15, 0.2) is 6.61 Å². The highest BCUT2D eigenvalue weighted by Gasteiger charge is 2.12. The van der Waals surface area contributed by atoms with E-state index in [1.165, 1.54) is 19.2 Å². The molecule has 0 unspecified atom stereocenters. The fourth-order valence-corrected chi connectivity index (χ4v) is 2.43. The normalized spacial score (nSPS) is 10.0. The number of carbonyl (C=O) groups excluding carboxylic acids is 3. The fraction of sp³-hybridized carbons (Fsp3) is 0.167. The van der Waals surface area contributed by atoms with Crippen LogP contribution in [-0.4, -0.2) is 38.0 Å². The number of benzene rings is 2. The summed E-state index contributed by atoms with van der Waals surface area (Å²) in [5.74, 6) is -1.17. The number of hydrogen-bond donors (Lipinski definition) is 2. The van der Waals surface area contributed by atoms with Crippen LogP contribution in [0.4, 0.5) is 5.69 Å². The summed E-state index contributed by atoms with van der Waals surface area (Å²) in [6.07, 6.45) is 0. The number of rotatable bonds is 7. The first-order chi connectivity index (χ1) is 12.9. The highest BCUT2D eigenvalue weighted by Crippen LogP contribution is 2.25. The van der Waals surface area contributed by atoms with Crippen molar-refractivity contribution in [2.45, 2.75) is 0 Å². The van der Waals surface area contributed by atoms with Crippen molar-refractivity contribution in [1.82, 2.24) is 5.32 Å². The number of esters is 1. The molecule has 0 saturated carbocycles. The van der Waals surface area contributed by atoms with E-state index in [-0.39, 0.29) is 11.6 Å². The van der Waals surface area contributed by atoms with Gasteiger partial charge < -0.3 is 20.1 Å². The second-order valence-corrected chi connectivity index (χ2v) is 6.09. The molecule has 0 radical (unpaired) electrons. The average molecular weight is 411 g/mol. The van der Waals surface area contributed by atoms with Crippen LogP contribution in [0.5, 0.6) is 5.75 Å². The molecule has 2 N–H and O–H groups in total. The van der Waals surface area contributed by atoms with Crippen molar-refractivity contribution >= 4 is 46.7 Å². The zero-order valence-corrected chi connectivity index (χ0v) is 15.8. The molecule has 2 amide bonds. The number of methoxy groups -OCH3 is 1. The van der Waals surface area contributed by atoms with Crippen molar-refractivity contribution in [3.63, 3.8) is 0 Å². The number of ether oxygens (including phenoxy) is 2. The Labute approximate surface area is 165 Å². The van der Waals surface area contributed by atoms with Crippen LogP contribution in [0, 0.1) is 0 Å². The Morgan fingerprint density at radius 2 is 1.74 bits per heavy atom. The van der Waals surface area contributed by atoms with Gasteiger partial charge in [-0.1, -0.05) is 23.2 Å². The van der Waals surface area contributed by atoms with Crippen LogP contribution in [0.3, 0.4) is 0 Å². The van der Waals surface area contributed by atoms with Crippen molar-refractivity contribution in [1.29, 1.82) is 0 Å². The lowest BCUT2D eigenvalue weighted by Gasteiger charge is -2.09. The summed E-state index contributed by atoms with van der Waals surface area (Å²) in [6, 6.07) is 10.9. The third kappa shape index (κ3) is 6.47. The van der Waals surface area contributed by atoms with E-state index in [2.05, 4.69) is 10.6 Å². The molecule has 0 atom stereocenters. The quantitative estimate of drug-likeness (QED) is 0.684. The maximum Gasteiger partial charge on any atom is 0.325 e. The van der Waals surface area contributed by atoms with Crippen molar-refractivity contribution in [3.8, 4) is 5.75 Å². The Bertz CT molecular complexity index is 840. The monoisotopic (exact) mass is 410 g/mol. The number of amides is 2. The third-order valence-corrected chi connectivity index (χ3v) is 3.86. The Kier molecular flexibility index (Phi) is 7.45. The maximum absolute atomic E-state index is 11.9. The van der Waals surface area contributed by atoms with Crippen LogP contribution >= 0.6 is 23.2 Å². The van der Waals surface area contributed by atoms with Crippen molar-refractivity contribution in [2.75, 3.05) is 25.6 Å². The topological polar surface area (TPSA) is 93.7 Å². The van der Waals surface area contributed by atoms with E-state index in [1.54, 1.807) is 30.3 Å². The summed E-state index contributed by atoms with van der Waals surface area (Å²) in [4.78, 5) is 35.4. The molecule has 0 bridgehead atoms. The molecule has 0 aromatic heterocycles. The van der Waals surface area contributed by atoms with Crippen molar-refractivity contribution in [3.05, 3.63) is 58.1 Å². The molecule has 0 spiro atoms. The lowest BCUT2D eigenvalue weighted by molar-refractivity contribution is -0.146. The second kappa shape index (κ2) is 9.80. The summed E-state index contributed by atoms with van der Waals surface area (Å²) in [7, 11) is 1.52. The molecular formula is C18H16Cl2N2O5. The number of anilines is 1. The van der Waals surface area contributed by atoms with Gasteiger partial charge in [-0.15, -0.1) is 0 Å². The minimum Gasteiger partial charge on any atom is -0.497 e. The fourth-order valence-electron chi connectivity index (χ4n) is 1.97. The third-order valence-electron chi connectivity index (χ3n) is 3.31. The lowest BCUT2D eigenvalue weighted by Crippen LogP contribution is -2.32. The molecule has 2 rings (SSSR count). The molecule has 2 aromatic rings. The van der Waals surface area contributed by atoms with Gasteiger partial charge in [-0.25, -0.2) is 0 Å². The Balaban J connectivity index is 1.74. The zero-order chi connectivity index (χ0) is 19.8. The Hall–Kier alpha value is -2.77. The first kappa shape index (κ1) is 20.5. The van der Waals surface area contributed by atoms with Gasteiger partial charge in [0.25, 0.3) is 11.8 Å². The Morgan fingerprint density at radius 1 is 1.04 bits per heavy atom. The lowest BCUT2D eigenvalue weighted by atomic mass is 10.2. The van der Waals surface area contributed by atoms with E-state index in [0.29, 0.717) is 22.0 Å². The number of nitrogens with one attached hydrogen (secondary N) is 2. The van der Waals surface area contributed by atoms with Crippen LogP contribution in [0.2, 0.25) is 10.0 Å². The highest BCUT2D eigenvalue weighted by atomic mass is 35.5. The Morgan fingerprint density at radius 3 is 2.37 bits per heavy atom. The van der Waals surface area contributed by atoms with Gasteiger partial charge in [0, 0.05) is 10.6 Å². The van der Waals surface area contributed by atoms with Gasteiger partial charge in [-0.05, 0) is 42.5 Å². The summed E-state index contributed by atoms with van der Waals surface area (Å²) in [5, 5.41) is 5.58. The van der Waals surface area contributed by atoms with Crippen LogP contribution in [0.25, 0.3) is 0 Å². The van der Waals surface area contributed by atoms with Gasteiger partial charge in [-0.2, -0.15) is 0 Å². The second-order valence-electron chi connectivity index (χ2n) is 5.24. The molecule has 7 nitrogen and oxygen atoms in total. The van der Waals surface area contributed by atoms with E-state index < -0.39 is 24.4 Å². The minimum absolute atomic E-state index is 0.258. The van der Waals surface area contributed by atoms with E-state index in [4.69, 9.17) is 32.7 Å². The predicted molar refractivity (Wildman–Crippen MR) is 101 cm³/mol. The van der Waals surface area contributed by atoms with Gasteiger partial charge in [0.05, 0.1) is 17.8 Å². The summed E-state index contributed by atoms with van der Waals surface area (Å²) >= 11 is 11.7. The molecule has 0 aliphatic carbocycles. The number of hydrogen-bond acceptors (Lipinski definition) is 5. The van der Waals surface area contributed by atoms with Gasteiger partial charge in [-0.3, -0.25) is 14.4 Å². The SMILES string of the molecule is COc1ccc(C(=O)NCC(=O)OCC(=O)Nc2ccc(Cl)cc2Cl)cc1. The molecule has 0 saturated heterocycles. The molecular weight excluding hydrogens is 395 g/mol. The largest absolute Gasteiger partial charge is 0.497 e. The van der Waals surface area contributed by atoms with E-state index in [1.807, 2.05) is 0 Å². The maximum atomic E-state index is 11.9. The number of halogens is 2. The van der Waals surface area contributed by atoms with Gasteiger partial charge in [0.1, 0.15) is 12.3 Å². The smallest absolute Gasteiger partial charge is 0.325 e. The first-order valence-corrected chi connectivity index (χ1v) is 8.47. The standard InChI is InChI=1S/C18H16Cl2N2O5/c1-26-13-5-2-11(3-6-13)18(25)21-9-17(24)27-10-16(23)22-15-7-4-12(19)8-14(15)20/h2-8H,9-10H2,1H3,(H,21,25)(H,22,23). The minimum atomic E-state index is -0.755. The van der Waals surface area contributed by atoms with Crippen LogP contribution < -0.4 is 15.4 Å². The first-order valence-electron chi connectivity index (χ1n) is 7.72. The van der Waals surface area contributed by atoms with Gasteiger partial charge in [0.2, 0.25) is 0 Å². The molecule has 2 aromatic carbocycles. The van der Waals surface area contributed by atoms with Crippen LogP contribution in [-0.2, 0) is 14.3 Å². The summed E-state index contributed by atoms with van der Waals surface area (Å²) < 4.78 is 9.81. The van der Waals surface area contributed by atoms with Crippen LogP contribution in [0.1, 0.15) is 10.4 Å². The van der Waals surface area contributed by atoms with Crippen molar-refractivity contribution in [2.24, 2.45) is 0 Å². The molecule has 142 valence electrons. The molecule has 0 aliphatic rings. The molecule has 0 heterocycles. The molecule has 0 aliphatic heterocycles. The van der Waals surface area contributed by atoms with Crippen molar-refractivity contribution < 1.29 is 23.9 Å². The van der Waals surface area contributed by atoms with E-state index in [0.717, 1.165) is 0 Å². The molecule has 9 heteroatoms.